The number of nitrogens with zero attached hydrogens (tertiary/aromatic N) is 2. The summed E-state index contributed by atoms with van der Waals surface area (Å²) < 4.78 is 5.66. The van der Waals surface area contributed by atoms with Crippen LogP contribution in [0.1, 0.15) is 63.1 Å². The van der Waals surface area contributed by atoms with Gasteiger partial charge in [0.25, 0.3) is 0 Å². The molecule has 0 aliphatic carbocycles. The average molecular weight is 398 g/mol. The molecule has 5 nitrogen and oxygen atoms in total. The van der Waals surface area contributed by atoms with Crippen LogP contribution in [-0.2, 0) is 11.2 Å². The predicted octanol–water partition coefficient (Wildman–Crippen LogP) is 5.37. The maximum absolute atomic E-state index is 12.5. The Balaban J connectivity index is 1.58. The third kappa shape index (κ3) is 5.07. The molecular formula is C22H27N3O2S. The molecule has 148 valence electrons. The van der Waals surface area contributed by atoms with Crippen molar-refractivity contribution in [2.45, 2.75) is 52.5 Å². The van der Waals surface area contributed by atoms with Crippen LogP contribution in [-0.4, -0.2) is 16.1 Å². The number of carbonyl (C=O) groups excluding carboxylic acids is 1. The SMILES string of the molecule is CC(C)c1ccc(C(NC(=O)CCc2nnc(-c3ccsc3)o2)C(C)C)cc1. The molecule has 3 aromatic rings. The van der Waals surface area contributed by atoms with Crippen LogP contribution in [0, 0.1) is 5.92 Å². The van der Waals surface area contributed by atoms with Gasteiger partial charge >= 0.3 is 0 Å². The van der Waals surface area contributed by atoms with E-state index in [1.807, 2.05) is 16.8 Å². The molecule has 6 heteroatoms. The zero-order chi connectivity index (χ0) is 20.1. The quantitative estimate of drug-likeness (QED) is 0.555. The highest BCUT2D eigenvalue weighted by atomic mass is 32.1. The highest BCUT2D eigenvalue weighted by Gasteiger charge is 2.19. The second-order valence-corrected chi connectivity index (χ2v) is 8.40. The van der Waals surface area contributed by atoms with Crippen molar-refractivity contribution in [1.29, 1.82) is 0 Å². The van der Waals surface area contributed by atoms with Crippen LogP contribution < -0.4 is 5.32 Å². The van der Waals surface area contributed by atoms with Crippen LogP contribution in [0.15, 0.2) is 45.5 Å². The lowest BCUT2D eigenvalue weighted by Gasteiger charge is -2.23. The zero-order valence-electron chi connectivity index (χ0n) is 16.8. The molecular weight excluding hydrogens is 370 g/mol. The normalized spacial score (nSPS) is 12.5. The van der Waals surface area contributed by atoms with E-state index in [1.54, 1.807) is 11.3 Å². The third-order valence-corrected chi connectivity index (χ3v) is 5.43. The molecule has 0 fully saturated rings. The number of aryl methyl sites for hydroxylation is 1. The third-order valence-electron chi connectivity index (χ3n) is 4.75. The fourth-order valence-corrected chi connectivity index (χ4v) is 3.68. The van der Waals surface area contributed by atoms with Gasteiger partial charge in [-0.3, -0.25) is 4.79 Å². The molecule has 1 aromatic carbocycles. The van der Waals surface area contributed by atoms with Gasteiger partial charge in [0.05, 0.1) is 6.04 Å². The van der Waals surface area contributed by atoms with Gasteiger partial charge in [-0.15, -0.1) is 10.2 Å². The molecule has 1 N–H and O–H groups in total. The summed E-state index contributed by atoms with van der Waals surface area (Å²) in [5, 5.41) is 15.2. The number of hydrogen-bond acceptors (Lipinski definition) is 5. The van der Waals surface area contributed by atoms with Crippen LogP contribution in [0.2, 0.25) is 0 Å². The van der Waals surface area contributed by atoms with E-state index >= 15 is 0 Å². The van der Waals surface area contributed by atoms with Crippen molar-refractivity contribution in [3.63, 3.8) is 0 Å². The first kappa shape index (κ1) is 20.3. The van der Waals surface area contributed by atoms with E-state index in [9.17, 15) is 4.79 Å². The van der Waals surface area contributed by atoms with Crippen LogP contribution in [0.3, 0.4) is 0 Å². The van der Waals surface area contributed by atoms with Gasteiger partial charge in [-0.25, -0.2) is 0 Å². The average Bonchev–Trinajstić information content (AvgIpc) is 3.35. The zero-order valence-corrected chi connectivity index (χ0v) is 17.6. The van der Waals surface area contributed by atoms with Crippen LogP contribution in [0.4, 0.5) is 0 Å². The summed E-state index contributed by atoms with van der Waals surface area (Å²) in [5.41, 5.74) is 3.35. The number of rotatable bonds is 8. The first-order valence-electron chi connectivity index (χ1n) is 9.68. The maximum atomic E-state index is 12.5. The second kappa shape index (κ2) is 9.15. The Morgan fingerprint density at radius 3 is 2.39 bits per heavy atom. The minimum absolute atomic E-state index is 0.0121. The van der Waals surface area contributed by atoms with Gasteiger partial charge in [0.1, 0.15) is 0 Å². The van der Waals surface area contributed by atoms with E-state index < -0.39 is 0 Å². The van der Waals surface area contributed by atoms with E-state index in [4.69, 9.17) is 4.42 Å². The molecule has 0 aliphatic rings. The Morgan fingerprint density at radius 2 is 1.79 bits per heavy atom. The van der Waals surface area contributed by atoms with Crippen molar-refractivity contribution < 1.29 is 9.21 Å². The van der Waals surface area contributed by atoms with Gasteiger partial charge in [0, 0.05) is 23.8 Å². The number of aromatic nitrogens is 2. The predicted molar refractivity (Wildman–Crippen MR) is 112 cm³/mol. The molecule has 1 atom stereocenters. The van der Waals surface area contributed by atoms with Crippen LogP contribution in [0.5, 0.6) is 0 Å². The summed E-state index contributed by atoms with van der Waals surface area (Å²) in [6.45, 7) is 8.59. The van der Waals surface area contributed by atoms with E-state index in [0.717, 1.165) is 11.1 Å². The van der Waals surface area contributed by atoms with Crippen molar-refractivity contribution in [3.05, 3.63) is 58.1 Å². The molecule has 0 saturated carbocycles. The molecule has 0 radical (unpaired) electrons. The molecule has 0 spiro atoms. The molecule has 28 heavy (non-hydrogen) atoms. The second-order valence-electron chi connectivity index (χ2n) is 7.62. The molecule has 1 amide bonds. The van der Waals surface area contributed by atoms with Crippen molar-refractivity contribution in [2.75, 3.05) is 0 Å². The minimum Gasteiger partial charge on any atom is -0.421 e. The number of thiophene rings is 1. The Kier molecular flexibility index (Phi) is 6.62. The number of benzene rings is 1. The fraction of sp³-hybridized carbons (Fsp3) is 0.409. The number of nitrogens with one attached hydrogen (secondary N) is 1. The van der Waals surface area contributed by atoms with Gasteiger partial charge in [-0.2, -0.15) is 11.3 Å². The largest absolute Gasteiger partial charge is 0.421 e. The summed E-state index contributed by atoms with van der Waals surface area (Å²) in [5.74, 6) is 1.76. The van der Waals surface area contributed by atoms with Gasteiger partial charge in [-0.05, 0) is 34.4 Å². The summed E-state index contributed by atoms with van der Waals surface area (Å²) in [4.78, 5) is 12.5. The molecule has 2 aromatic heterocycles. The highest BCUT2D eigenvalue weighted by molar-refractivity contribution is 7.08. The topological polar surface area (TPSA) is 68.0 Å². The monoisotopic (exact) mass is 397 g/mol. The van der Waals surface area contributed by atoms with Crippen LogP contribution >= 0.6 is 11.3 Å². The van der Waals surface area contributed by atoms with Gasteiger partial charge in [-0.1, -0.05) is 52.0 Å². The summed E-state index contributed by atoms with van der Waals surface area (Å²) in [6.07, 6.45) is 0.749. The van der Waals surface area contributed by atoms with Crippen molar-refractivity contribution >= 4 is 17.2 Å². The van der Waals surface area contributed by atoms with E-state index in [2.05, 4.69) is 67.5 Å². The summed E-state index contributed by atoms with van der Waals surface area (Å²) in [6, 6.07) is 10.4. The van der Waals surface area contributed by atoms with Crippen molar-refractivity contribution in [3.8, 4) is 11.5 Å². The maximum Gasteiger partial charge on any atom is 0.248 e. The van der Waals surface area contributed by atoms with Crippen molar-refractivity contribution in [2.24, 2.45) is 5.92 Å². The first-order valence-corrected chi connectivity index (χ1v) is 10.6. The molecule has 1 unspecified atom stereocenters. The van der Waals surface area contributed by atoms with Gasteiger partial charge < -0.3 is 9.73 Å². The Bertz CT molecular complexity index is 883. The van der Waals surface area contributed by atoms with E-state index in [-0.39, 0.29) is 11.9 Å². The lowest BCUT2D eigenvalue weighted by molar-refractivity contribution is -0.122. The van der Waals surface area contributed by atoms with Crippen molar-refractivity contribution in [1.82, 2.24) is 15.5 Å². The fourth-order valence-electron chi connectivity index (χ4n) is 3.05. The summed E-state index contributed by atoms with van der Waals surface area (Å²) >= 11 is 1.58. The number of carbonyl (C=O) groups is 1. The molecule has 0 bridgehead atoms. The van der Waals surface area contributed by atoms with E-state index in [0.29, 0.717) is 36.5 Å². The van der Waals surface area contributed by atoms with Gasteiger partial charge in [0.2, 0.25) is 17.7 Å². The standard InChI is InChI=1S/C22H27N3O2S/c1-14(2)16-5-7-17(8-6-16)21(15(3)4)23-19(26)9-10-20-24-25-22(27-20)18-11-12-28-13-18/h5-8,11-15,21H,9-10H2,1-4H3,(H,23,26). The highest BCUT2D eigenvalue weighted by Crippen LogP contribution is 2.25. The summed E-state index contributed by atoms with van der Waals surface area (Å²) in [7, 11) is 0. The Hall–Kier alpha value is -2.47. The number of hydrogen-bond donors (Lipinski definition) is 1. The van der Waals surface area contributed by atoms with Gasteiger partial charge in [0.15, 0.2) is 0 Å². The molecule has 2 heterocycles. The Labute approximate surface area is 170 Å². The molecule has 3 rings (SSSR count). The smallest absolute Gasteiger partial charge is 0.248 e. The Morgan fingerprint density at radius 1 is 1.07 bits per heavy atom. The lowest BCUT2D eigenvalue weighted by atomic mass is 9.93. The van der Waals surface area contributed by atoms with Crippen LogP contribution in [0.25, 0.3) is 11.5 Å². The molecule has 0 saturated heterocycles. The minimum atomic E-state index is -0.0160. The number of amides is 1. The van der Waals surface area contributed by atoms with E-state index in [1.165, 1.54) is 5.56 Å². The lowest BCUT2D eigenvalue weighted by Crippen LogP contribution is -2.31. The first-order chi connectivity index (χ1) is 13.4. The molecule has 0 aliphatic heterocycles.